The van der Waals surface area contributed by atoms with Crippen molar-refractivity contribution in [1.29, 1.82) is 0 Å². The molecule has 0 aliphatic carbocycles. The molecule has 2 aromatic heterocycles. The van der Waals surface area contributed by atoms with Crippen LogP contribution in [0, 0.1) is 5.92 Å². The molecule has 38 heavy (non-hydrogen) atoms. The molecule has 0 bridgehead atoms. The zero-order valence-corrected chi connectivity index (χ0v) is 21.4. The first-order chi connectivity index (χ1) is 18.1. The summed E-state index contributed by atoms with van der Waals surface area (Å²) < 4.78 is 40.7. The molecule has 8 nitrogen and oxygen atoms in total. The molecule has 1 fully saturated rings. The summed E-state index contributed by atoms with van der Waals surface area (Å²) in [6.07, 6.45) is 0.997. The molecule has 0 saturated carbocycles. The minimum atomic E-state index is -4.11. The first kappa shape index (κ1) is 27.6. The van der Waals surface area contributed by atoms with Crippen molar-refractivity contribution < 1.29 is 18.0 Å². The zero-order chi connectivity index (χ0) is 27.4. The molecule has 4 N–H and O–H groups in total. The van der Waals surface area contributed by atoms with Gasteiger partial charge < -0.3 is 20.9 Å². The number of nitrogens with two attached hydrogens (primary N) is 2. The van der Waals surface area contributed by atoms with E-state index < -0.39 is 23.4 Å². The molecule has 1 unspecified atom stereocenters. The van der Waals surface area contributed by atoms with Gasteiger partial charge in [0, 0.05) is 32.3 Å². The molecular weight excluding hydrogens is 497 g/mol. The number of amides is 1. The van der Waals surface area contributed by atoms with E-state index >= 15 is 0 Å². The largest absolute Gasteiger partial charge is 0.393 e. The summed E-state index contributed by atoms with van der Waals surface area (Å²) >= 11 is 0. The number of alkyl halides is 3. The van der Waals surface area contributed by atoms with E-state index in [-0.39, 0.29) is 29.7 Å². The van der Waals surface area contributed by atoms with Gasteiger partial charge in [-0.15, -0.1) is 0 Å². The van der Waals surface area contributed by atoms with E-state index in [1.54, 1.807) is 4.57 Å². The number of hydrogen-bond donors (Lipinski definition) is 2. The number of carbonyl (C=O) groups excluding carboxylic acids is 1. The van der Waals surface area contributed by atoms with Crippen LogP contribution in [0.3, 0.4) is 0 Å². The van der Waals surface area contributed by atoms with Crippen molar-refractivity contribution in [2.45, 2.75) is 58.2 Å². The Bertz CT molecular complexity index is 1350. The van der Waals surface area contributed by atoms with Crippen LogP contribution in [-0.4, -0.2) is 51.2 Å². The van der Waals surface area contributed by atoms with Crippen LogP contribution < -0.4 is 16.9 Å². The van der Waals surface area contributed by atoms with Gasteiger partial charge in [-0.2, -0.15) is 13.2 Å². The third-order valence-corrected chi connectivity index (χ3v) is 7.23. The van der Waals surface area contributed by atoms with Crippen LogP contribution in [-0.2, 0) is 25.8 Å². The molecule has 204 valence electrons. The number of aryl methyl sites for hydroxylation is 3. The molecule has 11 heteroatoms. The molecule has 0 spiro atoms. The minimum Gasteiger partial charge on any atom is -0.384 e. The molecule has 1 aliphatic rings. The Balaban J connectivity index is 1.33. The molecule has 4 rings (SSSR count). The van der Waals surface area contributed by atoms with Gasteiger partial charge in [0.05, 0.1) is 11.3 Å². The Morgan fingerprint density at radius 3 is 2.45 bits per heavy atom. The summed E-state index contributed by atoms with van der Waals surface area (Å²) in [7, 11) is 0. The Labute approximate surface area is 218 Å². The van der Waals surface area contributed by atoms with Crippen LogP contribution in [0.1, 0.15) is 53.5 Å². The summed E-state index contributed by atoms with van der Waals surface area (Å²) in [5.41, 5.74) is 13.2. The molecular formula is C27H33F3N6O2. The second-order valence-corrected chi connectivity index (χ2v) is 9.82. The van der Waals surface area contributed by atoms with E-state index in [1.807, 2.05) is 36.1 Å². The van der Waals surface area contributed by atoms with Gasteiger partial charge in [0.15, 0.2) is 0 Å². The van der Waals surface area contributed by atoms with Gasteiger partial charge in [0.2, 0.25) is 5.43 Å². The number of nitrogens with zero attached hydrogens (tertiary/aromatic N) is 4. The van der Waals surface area contributed by atoms with E-state index in [1.165, 1.54) is 6.20 Å². The number of anilines is 1. The predicted octanol–water partition coefficient (Wildman–Crippen LogP) is 3.48. The van der Waals surface area contributed by atoms with Crippen LogP contribution in [0.2, 0.25) is 0 Å². The number of piperidine rings is 1. The highest BCUT2D eigenvalue weighted by molar-refractivity contribution is 6.00. The molecule has 1 saturated heterocycles. The number of fused-ring (bicyclic) bond motifs is 1. The number of primary amides is 1. The molecule has 1 amide bonds. The highest BCUT2D eigenvalue weighted by Gasteiger charge is 2.41. The smallest absolute Gasteiger partial charge is 0.384 e. The lowest BCUT2D eigenvalue weighted by molar-refractivity contribution is -0.186. The van der Waals surface area contributed by atoms with Gasteiger partial charge in [-0.05, 0) is 56.7 Å². The minimum absolute atomic E-state index is 0.00250. The van der Waals surface area contributed by atoms with Gasteiger partial charge in [0.1, 0.15) is 22.9 Å². The van der Waals surface area contributed by atoms with Crippen molar-refractivity contribution in [2.24, 2.45) is 11.7 Å². The van der Waals surface area contributed by atoms with Crippen LogP contribution in [0.4, 0.5) is 19.0 Å². The number of pyridine rings is 1. The second-order valence-electron chi connectivity index (χ2n) is 9.82. The summed E-state index contributed by atoms with van der Waals surface area (Å²) in [6, 6.07) is 8.16. The van der Waals surface area contributed by atoms with Gasteiger partial charge >= 0.3 is 6.18 Å². The molecule has 1 aliphatic heterocycles. The van der Waals surface area contributed by atoms with E-state index in [2.05, 4.69) is 9.97 Å². The van der Waals surface area contributed by atoms with Crippen molar-refractivity contribution in [3.05, 3.63) is 63.2 Å². The summed E-state index contributed by atoms with van der Waals surface area (Å²) in [4.78, 5) is 35.2. The second kappa shape index (κ2) is 11.5. The summed E-state index contributed by atoms with van der Waals surface area (Å²) in [5, 5.41) is 0.202. The average molecular weight is 531 g/mol. The maximum Gasteiger partial charge on any atom is 0.393 e. The Morgan fingerprint density at radius 1 is 1.13 bits per heavy atom. The SMILES string of the molecule is CCn1c(N)c(C(N)=O)c(=O)c2cnc(CCCc3ccc(CCN4CCCC(C(F)(F)F)C4)cc3)nc21. The standard InChI is InChI=1S/C27H33F3N6O2/c1-2-36-24(31)22(25(32)38)23(37)20-15-33-21(34-26(20)36)7-3-5-17-8-10-18(11-9-17)12-14-35-13-4-6-19(16-35)27(28,29)30/h8-11,15,19H,2-7,12-14,16,31H2,1H3,(H2,32,38). The maximum atomic E-state index is 13.0. The van der Waals surface area contributed by atoms with E-state index in [0.717, 1.165) is 36.9 Å². The topological polar surface area (TPSA) is 120 Å². The van der Waals surface area contributed by atoms with Crippen molar-refractivity contribution in [3.8, 4) is 0 Å². The molecule has 0 radical (unpaired) electrons. The molecule has 1 atom stereocenters. The number of halogens is 3. The number of aromatic nitrogens is 3. The summed E-state index contributed by atoms with van der Waals surface area (Å²) in [5.74, 6) is -1.53. The van der Waals surface area contributed by atoms with Crippen LogP contribution >= 0.6 is 0 Å². The van der Waals surface area contributed by atoms with Crippen LogP contribution in [0.5, 0.6) is 0 Å². The van der Waals surface area contributed by atoms with Crippen LogP contribution in [0.25, 0.3) is 11.0 Å². The number of likely N-dealkylation sites (tertiary alicyclic amines) is 1. The number of benzene rings is 1. The van der Waals surface area contributed by atoms with Gasteiger partial charge in [-0.3, -0.25) is 9.59 Å². The predicted molar refractivity (Wildman–Crippen MR) is 140 cm³/mol. The Kier molecular flexibility index (Phi) is 8.35. The normalized spacial score (nSPS) is 16.7. The van der Waals surface area contributed by atoms with Gasteiger partial charge in [-0.1, -0.05) is 24.3 Å². The van der Waals surface area contributed by atoms with Crippen molar-refractivity contribution in [2.75, 3.05) is 25.4 Å². The highest BCUT2D eigenvalue weighted by atomic mass is 19.4. The Morgan fingerprint density at radius 2 is 1.82 bits per heavy atom. The third kappa shape index (κ3) is 6.15. The monoisotopic (exact) mass is 530 g/mol. The fourth-order valence-corrected chi connectivity index (χ4v) is 5.09. The molecule has 3 heterocycles. The van der Waals surface area contributed by atoms with Crippen molar-refractivity contribution in [3.63, 3.8) is 0 Å². The molecule has 3 aromatic rings. The first-order valence-electron chi connectivity index (χ1n) is 12.9. The quantitative estimate of drug-likeness (QED) is 0.437. The van der Waals surface area contributed by atoms with Crippen molar-refractivity contribution >= 4 is 22.8 Å². The third-order valence-electron chi connectivity index (χ3n) is 7.23. The zero-order valence-electron chi connectivity index (χ0n) is 21.4. The van der Waals surface area contributed by atoms with E-state index in [9.17, 15) is 22.8 Å². The lowest BCUT2D eigenvalue weighted by Crippen LogP contribution is -2.42. The fourth-order valence-electron chi connectivity index (χ4n) is 5.09. The van der Waals surface area contributed by atoms with Crippen molar-refractivity contribution in [1.82, 2.24) is 19.4 Å². The van der Waals surface area contributed by atoms with E-state index in [0.29, 0.717) is 37.4 Å². The highest BCUT2D eigenvalue weighted by Crippen LogP contribution is 2.33. The lowest BCUT2D eigenvalue weighted by Gasteiger charge is -2.33. The number of hydrogen-bond acceptors (Lipinski definition) is 6. The lowest BCUT2D eigenvalue weighted by atomic mass is 9.97. The fraction of sp³-hybridized carbons (Fsp3) is 0.481. The van der Waals surface area contributed by atoms with Gasteiger partial charge in [-0.25, -0.2) is 9.97 Å². The number of rotatable bonds is 9. The van der Waals surface area contributed by atoms with Gasteiger partial charge in [0.25, 0.3) is 5.91 Å². The average Bonchev–Trinajstić information content (AvgIpc) is 2.88. The summed E-state index contributed by atoms with van der Waals surface area (Å²) in [6.45, 7) is 3.68. The molecule has 1 aromatic carbocycles. The first-order valence-corrected chi connectivity index (χ1v) is 12.9. The van der Waals surface area contributed by atoms with E-state index in [4.69, 9.17) is 11.5 Å². The Hall–Kier alpha value is -3.47. The van der Waals surface area contributed by atoms with Crippen LogP contribution in [0.15, 0.2) is 35.3 Å². The maximum absolute atomic E-state index is 13.0. The number of nitrogen functional groups attached to an aromatic ring is 1. The number of carbonyl (C=O) groups is 1.